The number of hydrogen-bond acceptors (Lipinski definition) is 4. The molecule has 0 spiro atoms. The third-order valence-corrected chi connectivity index (χ3v) is 2.72. The standard InChI is InChI=1S/C12H21NO4S/c1-5-6-7-18-8-9(10(14)15)13-11(16)17-12(2,3)4/h5-6,9H,7-8H2,1-4H3,(H,13,16)(H,14,15). The summed E-state index contributed by atoms with van der Waals surface area (Å²) in [5.41, 5.74) is -0.634. The van der Waals surface area contributed by atoms with Crippen LogP contribution in [0.4, 0.5) is 4.79 Å². The van der Waals surface area contributed by atoms with E-state index in [4.69, 9.17) is 9.84 Å². The van der Waals surface area contributed by atoms with Gasteiger partial charge in [-0.2, -0.15) is 11.8 Å². The van der Waals surface area contributed by atoms with Crippen LogP contribution in [0.5, 0.6) is 0 Å². The minimum absolute atomic E-state index is 0.304. The first-order chi connectivity index (χ1) is 8.26. The topological polar surface area (TPSA) is 75.6 Å². The number of ether oxygens (including phenoxy) is 1. The van der Waals surface area contributed by atoms with Crippen molar-refractivity contribution in [3.63, 3.8) is 0 Å². The highest BCUT2D eigenvalue weighted by Gasteiger charge is 2.23. The van der Waals surface area contributed by atoms with Crippen molar-refractivity contribution in [2.24, 2.45) is 0 Å². The van der Waals surface area contributed by atoms with Crippen molar-refractivity contribution in [1.29, 1.82) is 0 Å². The van der Waals surface area contributed by atoms with Crippen molar-refractivity contribution < 1.29 is 19.4 Å². The quantitative estimate of drug-likeness (QED) is 0.574. The molecule has 1 unspecified atom stereocenters. The average molecular weight is 275 g/mol. The number of nitrogens with one attached hydrogen (secondary N) is 1. The molecule has 5 nitrogen and oxygen atoms in total. The Morgan fingerprint density at radius 1 is 1.44 bits per heavy atom. The van der Waals surface area contributed by atoms with Crippen LogP contribution in [0.1, 0.15) is 27.7 Å². The number of carbonyl (C=O) groups is 2. The van der Waals surface area contributed by atoms with Crippen LogP contribution in [-0.2, 0) is 9.53 Å². The van der Waals surface area contributed by atoms with Crippen LogP contribution < -0.4 is 5.32 Å². The maximum atomic E-state index is 11.4. The summed E-state index contributed by atoms with van der Waals surface area (Å²) in [5.74, 6) is -0.0383. The van der Waals surface area contributed by atoms with Gasteiger partial charge in [0.2, 0.25) is 0 Å². The maximum absolute atomic E-state index is 11.4. The second-order valence-electron chi connectivity index (χ2n) is 4.64. The molecule has 0 aliphatic carbocycles. The molecule has 0 aliphatic rings. The summed E-state index contributed by atoms with van der Waals surface area (Å²) >= 11 is 1.44. The molecule has 104 valence electrons. The zero-order valence-corrected chi connectivity index (χ0v) is 12.0. The van der Waals surface area contributed by atoms with Gasteiger partial charge in [0.1, 0.15) is 11.6 Å². The van der Waals surface area contributed by atoms with Crippen LogP contribution in [0.2, 0.25) is 0 Å². The van der Waals surface area contributed by atoms with Crippen LogP contribution in [0.3, 0.4) is 0 Å². The molecular weight excluding hydrogens is 254 g/mol. The molecule has 0 rings (SSSR count). The van der Waals surface area contributed by atoms with Gasteiger partial charge in [0, 0.05) is 11.5 Å². The van der Waals surface area contributed by atoms with Crippen molar-refractivity contribution in [3.8, 4) is 0 Å². The van der Waals surface area contributed by atoms with Gasteiger partial charge in [-0.15, -0.1) is 0 Å². The molecule has 0 heterocycles. The van der Waals surface area contributed by atoms with Crippen LogP contribution >= 0.6 is 11.8 Å². The highest BCUT2D eigenvalue weighted by atomic mass is 32.2. The average Bonchev–Trinajstić information content (AvgIpc) is 2.19. The number of rotatable bonds is 6. The number of aliphatic carboxylic acids is 1. The van der Waals surface area contributed by atoms with Crippen molar-refractivity contribution in [1.82, 2.24) is 5.32 Å². The van der Waals surface area contributed by atoms with Gasteiger partial charge in [0.15, 0.2) is 0 Å². The first kappa shape index (κ1) is 16.8. The molecule has 0 radical (unpaired) electrons. The van der Waals surface area contributed by atoms with Gasteiger partial charge in [-0.05, 0) is 27.7 Å². The van der Waals surface area contributed by atoms with Gasteiger partial charge in [0.05, 0.1) is 0 Å². The normalized spacial score (nSPS) is 13.3. The van der Waals surface area contributed by atoms with E-state index >= 15 is 0 Å². The minimum Gasteiger partial charge on any atom is -0.480 e. The SMILES string of the molecule is CC=CCSCC(NC(=O)OC(C)(C)C)C(=O)O. The summed E-state index contributed by atoms with van der Waals surface area (Å²) in [6.07, 6.45) is 3.11. The van der Waals surface area contributed by atoms with Crippen LogP contribution in [0, 0.1) is 0 Å². The molecule has 0 saturated heterocycles. The second kappa shape index (κ2) is 8.02. The fourth-order valence-electron chi connectivity index (χ4n) is 0.975. The number of carboxylic acid groups (broad SMARTS) is 1. The first-order valence-electron chi connectivity index (χ1n) is 5.67. The highest BCUT2D eigenvalue weighted by Crippen LogP contribution is 2.08. The predicted molar refractivity (Wildman–Crippen MR) is 72.9 cm³/mol. The number of carboxylic acids is 1. The fraction of sp³-hybridized carbons (Fsp3) is 0.667. The van der Waals surface area contributed by atoms with Crippen molar-refractivity contribution in [3.05, 3.63) is 12.2 Å². The molecule has 0 aliphatic heterocycles. The van der Waals surface area contributed by atoms with E-state index in [1.165, 1.54) is 11.8 Å². The number of allylic oxidation sites excluding steroid dienone is 1. The molecule has 0 saturated carbocycles. The Bertz CT molecular complexity index is 310. The zero-order valence-electron chi connectivity index (χ0n) is 11.2. The number of carbonyl (C=O) groups excluding carboxylic acids is 1. The molecule has 0 fully saturated rings. The van der Waals surface area contributed by atoms with Crippen molar-refractivity contribution in [2.75, 3.05) is 11.5 Å². The number of amides is 1. The number of hydrogen-bond donors (Lipinski definition) is 2. The number of thioether (sulfide) groups is 1. The van der Waals surface area contributed by atoms with Gasteiger partial charge < -0.3 is 15.2 Å². The molecule has 1 amide bonds. The lowest BCUT2D eigenvalue weighted by Crippen LogP contribution is -2.44. The van der Waals surface area contributed by atoms with Gasteiger partial charge in [-0.1, -0.05) is 12.2 Å². The van der Waals surface area contributed by atoms with E-state index in [1.54, 1.807) is 20.8 Å². The summed E-state index contributed by atoms with van der Waals surface area (Å²) in [6.45, 7) is 7.07. The Hall–Kier alpha value is -1.17. The summed E-state index contributed by atoms with van der Waals surface area (Å²) in [5, 5.41) is 11.3. The molecule has 18 heavy (non-hydrogen) atoms. The molecule has 6 heteroatoms. The van der Waals surface area contributed by atoms with E-state index in [-0.39, 0.29) is 0 Å². The molecule has 2 N–H and O–H groups in total. The highest BCUT2D eigenvalue weighted by molar-refractivity contribution is 7.99. The minimum atomic E-state index is -1.06. The van der Waals surface area contributed by atoms with Gasteiger partial charge in [0.25, 0.3) is 0 Å². The molecular formula is C12H21NO4S. The molecule has 0 aromatic rings. The lowest BCUT2D eigenvalue weighted by atomic mass is 10.2. The van der Waals surface area contributed by atoms with Crippen LogP contribution in [-0.4, -0.2) is 40.3 Å². The summed E-state index contributed by atoms with van der Waals surface area (Å²) < 4.78 is 5.01. The van der Waals surface area contributed by atoms with Crippen molar-refractivity contribution >= 4 is 23.8 Å². The fourth-order valence-corrected chi connectivity index (χ4v) is 1.90. The lowest BCUT2D eigenvalue weighted by Gasteiger charge is -2.21. The Morgan fingerprint density at radius 3 is 2.50 bits per heavy atom. The number of alkyl carbamates (subject to hydrolysis) is 1. The summed E-state index contributed by atoms with van der Waals surface area (Å²) in [4.78, 5) is 22.4. The van der Waals surface area contributed by atoms with E-state index < -0.39 is 23.7 Å². The van der Waals surface area contributed by atoms with E-state index in [0.717, 1.165) is 5.75 Å². The predicted octanol–water partition coefficient (Wildman–Crippen LogP) is 2.27. The van der Waals surface area contributed by atoms with Crippen molar-refractivity contribution in [2.45, 2.75) is 39.3 Å². The van der Waals surface area contributed by atoms with Gasteiger partial charge in [-0.3, -0.25) is 0 Å². The van der Waals surface area contributed by atoms with E-state index in [9.17, 15) is 9.59 Å². The second-order valence-corrected chi connectivity index (χ2v) is 5.72. The Morgan fingerprint density at radius 2 is 2.06 bits per heavy atom. The zero-order chi connectivity index (χ0) is 14.2. The summed E-state index contributed by atoms with van der Waals surface area (Å²) in [7, 11) is 0. The molecule has 0 bridgehead atoms. The van der Waals surface area contributed by atoms with Gasteiger partial charge in [-0.25, -0.2) is 9.59 Å². The van der Waals surface area contributed by atoms with Crippen LogP contribution in [0.15, 0.2) is 12.2 Å². The summed E-state index contributed by atoms with van der Waals surface area (Å²) in [6, 6.07) is -0.935. The van der Waals surface area contributed by atoms with E-state index in [0.29, 0.717) is 5.75 Å². The molecule has 1 atom stereocenters. The first-order valence-corrected chi connectivity index (χ1v) is 6.83. The van der Waals surface area contributed by atoms with Crippen LogP contribution in [0.25, 0.3) is 0 Å². The van der Waals surface area contributed by atoms with E-state index in [1.807, 2.05) is 19.1 Å². The molecule has 0 aromatic heterocycles. The third-order valence-electron chi connectivity index (χ3n) is 1.72. The third kappa shape index (κ3) is 8.92. The van der Waals surface area contributed by atoms with Gasteiger partial charge >= 0.3 is 12.1 Å². The Kier molecular flexibility index (Phi) is 7.50. The van der Waals surface area contributed by atoms with E-state index in [2.05, 4.69) is 5.32 Å². The monoisotopic (exact) mass is 275 g/mol. The molecule has 0 aromatic carbocycles. The largest absolute Gasteiger partial charge is 0.480 e. The Labute approximate surface area is 112 Å². The maximum Gasteiger partial charge on any atom is 0.408 e. The lowest BCUT2D eigenvalue weighted by molar-refractivity contribution is -0.138. The Balaban J connectivity index is 4.19. The smallest absolute Gasteiger partial charge is 0.408 e.